The van der Waals surface area contributed by atoms with E-state index in [4.69, 9.17) is 0 Å². The van der Waals surface area contributed by atoms with Gasteiger partial charge in [0.1, 0.15) is 0 Å². The fraction of sp³-hybridized carbons (Fsp3) is 0.200. The molecule has 0 aliphatic carbocycles. The minimum absolute atomic E-state index is 0.0418. The van der Waals surface area contributed by atoms with Crippen molar-refractivity contribution in [1.29, 1.82) is 0 Å². The number of benzene rings is 1. The molecule has 1 aromatic heterocycles. The van der Waals surface area contributed by atoms with Gasteiger partial charge in [-0.3, -0.25) is 9.78 Å². The number of halogens is 1. The molecule has 1 heterocycles. The Balaban J connectivity index is 2.41. The number of nitrogens with zero attached hydrogens (tertiary/aromatic N) is 2. The zero-order chi connectivity index (χ0) is 13.8. The van der Waals surface area contributed by atoms with Crippen LogP contribution in [0.25, 0.3) is 0 Å². The molecule has 2 aromatic rings. The van der Waals surface area contributed by atoms with Gasteiger partial charge in [0.2, 0.25) is 0 Å². The lowest BCUT2D eigenvalue weighted by Crippen LogP contribution is -2.31. The second kappa shape index (κ2) is 5.61. The standard InChI is InChI=1S/C15H15FN2O/c1-3-18(14-7-5-4-6-11(14)2)15(19)12-8-9-17-10-13(12)16/h4-10H,3H2,1-2H3. The van der Waals surface area contributed by atoms with Gasteiger partial charge in [0.15, 0.2) is 5.82 Å². The molecule has 4 heteroatoms. The third kappa shape index (κ3) is 2.62. The van der Waals surface area contributed by atoms with E-state index >= 15 is 0 Å². The highest BCUT2D eigenvalue weighted by Crippen LogP contribution is 2.21. The fourth-order valence-corrected chi connectivity index (χ4v) is 1.98. The van der Waals surface area contributed by atoms with Gasteiger partial charge in [-0.25, -0.2) is 4.39 Å². The topological polar surface area (TPSA) is 33.2 Å². The summed E-state index contributed by atoms with van der Waals surface area (Å²) < 4.78 is 13.6. The minimum Gasteiger partial charge on any atom is -0.308 e. The van der Waals surface area contributed by atoms with Gasteiger partial charge in [-0.1, -0.05) is 18.2 Å². The number of rotatable bonds is 3. The molecule has 0 spiro atoms. The smallest absolute Gasteiger partial charge is 0.261 e. The van der Waals surface area contributed by atoms with Crippen LogP contribution in [0.15, 0.2) is 42.7 Å². The molecule has 2 rings (SSSR count). The lowest BCUT2D eigenvalue weighted by molar-refractivity contribution is 0.0984. The van der Waals surface area contributed by atoms with Crippen molar-refractivity contribution in [2.75, 3.05) is 11.4 Å². The molecule has 1 aromatic carbocycles. The van der Waals surface area contributed by atoms with E-state index in [1.54, 1.807) is 4.90 Å². The molecule has 0 atom stereocenters. The van der Waals surface area contributed by atoms with Crippen LogP contribution in [0.4, 0.5) is 10.1 Å². The Morgan fingerprint density at radius 1 is 1.32 bits per heavy atom. The maximum atomic E-state index is 13.6. The number of anilines is 1. The first-order valence-corrected chi connectivity index (χ1v) is 6.12. The van der Waals surface area contributed by atoms with E-state index < -0.39 is 5.82 Å². The average molecular weight is 258 g/mol. The number of aryl methyl sites for hydroxylation is 1. The molecule has 1 amide bonds. The largest absolute Gasteiger partial charge is 0.308 e. The van der Waals surface area contributed by atoms with Crippen molar-refractivity contribution in [2.24, 2.45) is 0 Å². The van der Waals surface area contributed by atoms with Crippen molar-refractivity contribution in [3.63, 3.8) is 0 Å². The van der Waals surface area contributed by atoms with Crippen LogP contribution < -0.4 is 4.90 Å². The van der Waals surface area contributed by atoms with E-state index in [2.05, 4.69) is 4.98 Å². The van der Waals surface area contributed by atoms with Gasteiger partial charge in [-0.05, 0) is 31.5 Å². The van der Waals surface area contributed by atoms with Gasteiger partial charge in [0, 0.05) is 18.4 Å². The zero-order valence-electron chi connectivity index (χ0n) is 10.9. The average Bonchev–Trinajstić information content (AvgIpc) is 2.42. The highest BCUT2D eigenvalue weighted by Gasteiger charge is 2.20. The summed E-state index contributed by atoms with van der Waals surface area (Å²) in [7, 11) is 0. The first kappa shape index (κ1) is 13.2. The van der Waals surface area contributed by atoms with Crippen LogP contribution >= 0.6 is 0 Å². The third-order valence-electron chi connectivity index (χ3n) is 2.97. The molecule has 0 aliphatic rings. The molecule has 0 N–H and O–H groups in total. The molecular weight excluding hydrogens is 243 g/mol. The van der Waals surface area contributed by atoms with Gasteiger partial charge < -0.3 is 4.90 Å². The summed E-state index contributed by atoms with van der Waals surface area (Å²) in [5.74, 6) is -0.948. The molecule has 98 valence electrons. The summed E-state index contributed by atoms with van der Waals surface area (Å²) in [6, 6.07) is 8.95. The summed E-state index contributed by atoms with van der Waals surface area (Å²) in [4.78, 5) is 17.6. The van der Waals surface area contributed by atoms with Gasteiger partial charge in [-0.15, -0.1) is 0 Å². The van der Waals surface area contributed by atoms with Crippen LogP contribution in [-0.2, 0) is 0 Å². The minimum atomic E-state index is -0.598. The molecule has 0 saturated carbocycles. The van der Waals surface area contributed by atoms with E-state index in [9.17, 15) is 9.18 Å². The van der Waals surface area contributed by atoms with Gasteiger partial charge in [-0.2, -0.15) is 0 Å². The Morgan fingerprint density at radius 2 is 2.05 bits per heavy atom. The number of carbonyl (C=O) groups is 1. The number of hydrogen-bond acceptors (Lipinski definition) is 2. The predicted molar refractivity (Wildman–Crippen MR) is 72.7 cm³/mol. The summed E-state index contributed by atoms with van der Waals surface area (Å²) in [5, 5.41) is 0. The fourth-order valence-electron chi connectivity index (χ4n) is 1.98. The first-order chi connectivity index (χ1) is 9.15. The van der Waals surface area contributed by atoms with Crippen LogP contribution in [0.3, 0.4) is 0 Å². The van der Waals surface area contributed by atoms with Crippen LogP contribution in [-0.4, -0.2) is 17.4 Å². The Morgan fingerprint density at radius 3 is 2.68 bits per heavy atom. The molecule has 0 radical (unpaired) electrons. The normalized spacial score (nSPS) is 10.3. The number of pyridine rings is 1. The molecule has 0 bridgehead atoms. The van der Waals surface area contributed by atoms with E-state index in [1.165, 1.54) is 12.3 Å². The zero-order valence-corrected chi connectivity index (χ0v) is 10.9. The monoisotopic (exact) mass is 258 g/mol. The first-order valence-electron chi connectivity index (χ1n) is 6.12. The number of hydrogen-bond donors (Lipinski definition) is 0. The van der Waals surface area contributed by atoms with Crippen LogP contribution in [0.2, 0.25) is 0 Å². The third-order valence-corrected chi connectivity index (χ3v) is 2.97. The van der Waals surface area contributed by atoms with Crippen LogP contribution in [0.5, 0.6) is 0 Å². The number of aromatic nitrogens is 1. The van der Waals surface area contributed by atoms with Crippen molar-refractivity contribution in [3.8, 4) is 0 Å². The second-order valence-corrected chi connectivity index (χ2v) is 4.19. The van der Waals surface area contributed by atoms with E-state index in [0.29, 0.717) is 6.54 Å². The highest BCUT2D eigenvalue weighted by atomic mass is 19.1. The van der Waals surface area contributed by atoms with Crippen molar-refractivity contribution in [2.45, 2.75) is 13.8 Å². The quantitative estimate of drug-likeness (QED) is 0.847. The van der Waals surface area contributed by atoms with Crippen molar-refractivity contribution >= 4 is 11.6 Å². The maximum absolute atomic E-state index is 13.6. The molecule has 0 unspecified atom stereocenters. The second-order valence-electron chi connectivity index (χ2n) is 4.19. The van der Waals surface area contributed by atoms with Gasteiger partial charge in [0.25, 0.3) is 5.91 Å². The van der Waals surface area contributed by atoms with E-state index in [1.807, 2.05) is 38.1 Å². The highest BCUT2D eigenvalue weighted by molar-refractivity contribution is 6.06. The number of carbonyl (C=O) groups excluding carboxylic acids is 1. The Hall–Kier alpha value is -2.23. The summed E-state index contributed by atoms with van der Waals surface area (Å²) in [6.07, 6.45) is 2.47. The lowest BCUT2D eigenvalue weighted by atomic mass is 10.1. The number of para-hydroxylation sites is 1. The van der Waals surface area contributed by atoms with Crippen molar-refractivity contribution < 1.29 is 9.18 Å². The molecule has 0 fully saturated rings. The summed E-state index contributed by atoms with van der Waals surface area (Å²) in [6.45, 7) is 4.27. The predicted octanol–water partition coefficient (Wildman–Crippen LogP) is 3.20. The van der Waals surface area contributed by atoms with Gasteiger partial charge in [0.05, 0.1) is 11.8 Å². The van der Waals surface area contributed by atoms with Crippen molar-refractivity contribution in [3.05, 3.63) is 59.7 Å². The number of amides is 1. The Bertz CT molecular complexity index is 598. The SMILES string of the molecule is CCN(C(=O)c1ccncc1F)c1ccccc1C. The Kier molecular flexibility index (Phi) is 3.90. The van der Waals surface area contributed by atoms with Crippen LogP contribution in [0.1, 0.15) is 22.8 Å². The lowest BCUT2D eigenvalue weighted by Gasteiger charge is -2.23. The van der Waals surface area contributed by atoms with Crippen LogP contribution in [0, 0.1) is 12.7 Å². The molecule has 0 saturated heterocycles. The van der Waals surface area contributed by atoms with E-state index in [-0.39, 0.29) is 11.5 Å². The molecule has 19 heavy (non-hydrogen) atoms. The van der Waals surface area contributed by atoms with Gasteiger partial charge >= 0.3 is 0 Å². The molecule has 3 nitrogen and oxygen atoms in total. The summed E-state index contributed by atoms with van der Waals surface area (Å²) >= 11 is 0. The maximum Gasteiger partial charge on any atom is 0.261 e. The molecular formula is C15H15FN2O. The summed E-state index contributed by atoms with van der Waals surface area (Å²) in [5.41, 5.74) is 1.82. The Labute approximate surface area is 111 Å². The van der Waals surface area contributed by atoms with E-state index in [0.717, 1.165) is 17.4 Å². The van der Waals surface area contributed by atoms with Crippen molar-refractivity contribution in [1.82, 2.24) is 4.98 Å². The molecule has 0 aliphatic heterocycles.